The first-order valence-electron chi connectivity index (χ1n) is 8.19. The van der Waals surface area contributed by atoms with Gasteiger partial charge >= 0.3 is 5.69 Å². The molecule has 1 saturated heterocycles. The Hall–Kier alpha value is -3.16. The van der Waals surface area contributed by atoms with Crippen LogP contribution in [0.2, 0.25) is 0 Å². The predicted molar refractivity (Wildman–Crippen MR) is 93.8 cm³/mol. The lowest BCUT2D eigenvalue weighted by atomic mass is 10.2. The number of piperazine rings is 1. The summed E-state index contributed by atoms with van der Waals surface area (Å²) in [5, 5.41) is 11.0. The molecule has 1 aliphatic heterocycles. The Morgan fingerprint density at radius 1 is 1.08 bits per heavy atom. The standard InChI is InChI=1S/C18H18FN3O4/c19-14-5-7-15(8-6-14)20-9-11-21(12-10-20)18(23)13-26-17-4-2-1-3-16(17)22(24)25/h1-8H,9-13H2. The first kappa shape index (κ1) is 17.7. The fourth-order valence-corrected chi connectivity index (χ4v) is 2.83. The van der Waals surface area contributed by atoms with E-state index in [0.29, 0.717) is 26.2 Å². The Labute approximate surface area is 149 Å². The maximum atomic E-state index is 13.0. The lowest BCUT2D eigenvalue weighted by Gasteiger charge is -2.36. The van der Waals surface area contributed by atoms with Crippen molar-refractivity contribution in [3.05, 3.63) is 64.5 Å². The molecule has 0 bridgehead atoms. The molecule has 2 aromatic carbocycles. The molecule has 2 aromatic rings. The van der Waals surface area contributed by atoms with Gasteiger partial charge in [-0.05, 0) is 30.3 Å². The molecule has 0 spiro atoms. The van der Waals surface area contributed by atoms with Crippen LogP contribution >= 0.6 is 0 Å². The zero-order chi connectivity index (χ0) is 18.5. The minimum atomic E-state index is -0.540. The number of amides is 1. The number of carbonyl (C=O) groups excluding carboxylic acids is 1. The number of nitrogens with zero attached hydrogens (tertiary/aromatic N) is 3. The van der Waals surface area contributed by atoms with Gasteiger partial charge in [0.05, 0.1) is 4.92 Å². The average molecular weight is 359 g/mol. The van der Waals surface area contributed by atoms with Gasteiger partial charge in [0, 0.05) is 37.9 Å². The maximum Gasteiger partial charge on any atom is 0.310 e. The lowest BCUT2D eigenvalue weighted by molar-refractivity contribution is -0.385. The maximum absolute atomic E-state index is 13.0. The van der Waals surface area contributed by atoms with Crippen molar-refractivity contribution in [1.82, 2.24) is 4.90 Å². The number of rotatable bonds is 5. The third-order valence-corrected chi connectivity index (χ3v) is 4.24. The van der Waals surface area contributed by atoms with Gasteiger partial charge in [-0.25, -0.2) is 4.39 Å². The molecule has 0 N–H and O–H groups in total. The summed E-state index contributed by atoms with van der Waals surface area (Å²) >= 11 is 0. The van der Waals surface area contributed by atoms with Crippen molar-refractivity contribution >= 4 is 17.3 Å². The van der Waals surface area contributed by atoms with Crippen molar-refractivity contribution in [2.24, 2.45) is 0 Å². The number of para-hydroxylation sites is 2. The minimum Gasteiger partial charge on any atom is -0.477 e. The van der Waals surface area contributed by atoms with E-state index in [1.807, 2.05) is 0 Å². The summed E-state index contributed by atoms with van der Waals surface area (Å²) in [6.45, 7) is 2.03. The van der Waals surface area contributed by atoms with Crippen LogP contribution in [0.15, 0.2) is 48.5 Å². The van der Waals surface area contributed by atoms with Gasteiger partial charge < -0.3 is 14.5 Å². The Kier molecular flexibility index (Phi) is 5.31. The molecule has 8 heteroatoms. The van der Waals surface area contributed by atoms with Crippen molar-refractivity contribution in [3.63, 3.8) is 0 Å². The molecule has 0 radical (unpaired) electrons. The van der Waals surface area contributed by atoms with Crippen LogP contribution in [-0.4, -0.2) is 48.5 Å². The molecule has 1 amide bonds. The number of ether oxygens (including phenoxy) is 1. The number of hydrogen-bond donors (Lipinski definition) is 0. The van der Waals surface area contributed by atoms with Crippen molar-refractivity contribution in [2.75, 3.05) is 37.7 Å². The van der Waals surface area contributed by atoms with E-state index >= 15 is 0 Å². The quantitative estimate of drug-likeness (QED) is 0.605. The normalized spacial score (nSPS) is 14.2. The van der Waals surface area contributed by atoms with Gasteiger partial charge in [-0.15, -0.1) is 0 Å². The number of nitro groups is 1. The number of benzene rings is 2. The Morgan fingerprint density at radius 2 is 1.73 bits per heavy atom. The zero-order valence-corrected chi connectivity index (χ0v) is 14.0. The molecular weight excluding hydrogens is 341 g/mol. The van der Waals surface area contributed by atoms with Crippen LogP contribution in [0.3, 0.4) is 0 Å². The van der Waals surface area contributed by atoms with E-state index in [0.717, 1.165) is 5.69 Å². The van der Waals surface area contributed by atoms with E-state index in [4.69, 9.17) is 4.74 Å². The van der Waals surface area contributed by atoms with Crippen molar-refractivity contribution in [2.45, 2.75) is 0 Å². The zero-order valence-electron chi connectivity index (χ0n) is 14.0. The van der Waals surface area contributed by atoms with Crippen LogP contribution in [0.4, 0.5) is 15.8 Å². The number of hydrogen-bond acceptors (Lipinski definition) is 5. The highest BCUT2D eigenvalue weighted by molar-refractivity contribution is 5.78. The van der Waals surface area contributed by atoms with Crippen molar-refractivity contribution in [3.8, 4) is 5.75 Å². The van der Waals surface area contributed by atoms with Gasteiger partial charge in [0.15, 0.2) is 12.4 Å². The second kappa shape index (κ2) is 7.81. The van der Waals surface area contributed by atoms with Gasteiger partial charge in [-0.3, -0.25) is 14.9 Å². The summed E-state index contributed by atoms with van der Waals surface area (Å²) in [5.74, 6) is -0.424. The van der Waals surface area contributed by atoms with Crippen LogP contribution in [0, 0.1) is 15.9 Å². The van der Waals surface area contributed by atoms with Crippen LogP contribution < -0.4 is 9.64 Å². The van der Waals surface area contributed by atoms with E-state index in [9.17, 15) is 19.3 Å². The monoisotopic (exact) mass is 359 g/mol. The summed E-state index contributed by atoms with van der Waals surface area (Å²) in [7, 11) is 0. The SMILES string of the molecule is O=C(COc1ccccc1[N+](=O)[O-])N1CCN(c2ccc(F)cc2)CC1. The second-order valence-corrected chi connectivity index (χ2v) is 5.86. The van der Waals surface area contributed by atoms with E-state index in [2.05, 4.69) is 4.90 Å². The van der Waals surface area contributed by atoms with E-state index in [1.165, 1.54) is 24.3 Å². The Bertz CT molecular complexity index is 789. The number of nitro benzene ring substituents is 1. The molecule has 7 nitrogen and oxygen atoms in total. The molecule has 0 aromatic heterocycles. The number of carbonyl (C=O) groups is 1. The molecule has 3 rings (SSSR count). The molecule has 0 atom stereocenters. The van der Waals surface area contributed by atoms with Crippen molar-refractivity contribution < 1.29 is 18.8 Å². The fraction of sp³-hybridized carbons (Fsp3) is 0.278. The summed E-state index contributed by atoms with van der Waals surface area (Å²) in [5.41, 5.74) is 0.746. The van der Waals surface area contributed by atoms with Crippen molar-refractivity contribution in [1.29, 1.82) is 0 Å². The van der Waals surface area contributed by atoms with Gasteiger partial charge in [-0.1, -0.05) is 12.1 Å². The molecule has 26 heavy (non-hydrogen) atoms. The number of halogens is 1. The lowest BCUT2D eigenvalue weighted by Crippen LogP contribution is -2.50. The first-order chi connectivity index (χ1) is 12.5. The number of anilines is 1. The van der Waals surface area contributed by atoms with E-state index in [-0.39, 0.29) is 29.8 Å². The van der Waals surface area contributed by atoms with Gasteiger partial charge in [0.1, 0.15) is 5.82 Å². The molecular formula is C18H18FN3O4. The summed E-state index contributed by atoms with van der Waals surface area (Å²) in [6.07, 6.45) is 0. The van der Waals surface area contributed by atoms with Gasteiger partial charge in [0.2, 0.25) is 0 Å². The van der Waals surface area contributed by atoms with Gasteiger partial charge in [0.25, 0.3) is 5.91 Å². The largest absolute Gasteiger partial charge is 0.477 e. The molecule has 0 aliphatic carbocycles. The first-order valence-corrected chi connectivity index (χ1v) is 8.19. The summed E-state index contributed by atoms with van der Waals surface area (Å²) in [6, 6.07) is 12.2. The third kappa shape index (κ3) is 4.08. The highest BCUT2D eigenvalue weighted by atomic mass is 19.1. The van der Waals surface area contributed by atoms with Crippen LogP contribution in [0.1, 0.15) is 0 Å². The Morgan fingerprint density at radius 3 is 2.38 bits per heavy atom. The third-order valence-electron chi connectivity index (χ3n) is 4.24. The summed E-state index contributed by atoms with van der Waals surface area (Å²) < 4.78 is 18.3. The molecule has 1 fully saturated rings. The second-order valence-electron chi connectivity index (χ2n) is 5.86. The highest BCUT2D eigenvalue weighted by Crippen LogP contribution is 2.25. The topological polar surface area (TPSA) is 75.9 Å². The van der Waals surface area contributed by atoms with Crippen LogP contribution in [-0.2, 0) is 4.79 Å². The summed E-state index contributed by atoms with van der Waals surface area (Å²) in [4.78, 5) is 26.5. The average Bonchev–Trinajstić information content (AvgIpc) is 2.67. The van der Waals surface area contributed by atoms with Crippen LogP contribution in [0.5, 0.6) is 5.75 Å². The van der Waals surface area contributed by atoms with E-state index in [1.54, 1.807) is 29.2 Å². The highest BCUT2D eigenvalue weighted by Gasteiger charge is 2.23. The fourth-order valence-electron chi connectivity index (χ4n) is 2.83. The molecule has 1 heterocycles. The smallest absolute Gasteiger partial charge is 0.310 e. The van der Waals surface area contributed by atoms with Gasteiger partial charge in [-0.2, -0.15) is 0 Å². The van der Waals surface area contributed by atoms with Crippen LogP contribution in [0.25, 0.3) is 0 Å². The van der Waals surface area contributed by atoms with E-state index < -0.39 is 4.92 Å². The predicted octanol–water partition coefficient (Wildman–Crippen LogP) is 2.46. The molecule has 0 unspecified atom stereocenters. The molecule has 1 aliphatic rings. The Balaban J connectivity index is 1.53. The molecule has 136 valence electrons. The minimum absolute atomic E-state index is 0.0794. The molecule has 0 saturated carbocycles.